The highest BCUT2D eigenvalue weighted by Crippen LogP contribution is 2.41. The normalized spacial score (nSPS) is 32.4. The summed E-state index contributed by atoms with van der Waals surface area (Å²) in [4.78, 5) is 12.0. The van der Waals surface area contributed by atoms with Gasteiger partial charge < -0.3 is 4.74 Å². The summed E-state index contributed by atoms with van der Waals surface area (Å²) >= 11 is 0. The van der Waals surface area contributed by atoms with Gasteiger partial charge >= 0.3 is 5.97 Å². The van der Waals surface area contributed by atoms with Gasteiger partial charge in [0.1, 0.15) is 5.60 Å². The minimum absolute atomic E-state index is 0.179. The first-order valence-electron chi connectivity index (χ1n) is 8.00. The molecule has 108 valence electrons. The van der Waals surface area contributed by atoms with E-state index in [0.717, 1.165) is 25.2 Å². The number of carbonyl (C=O) groups excluding carboxylic acids is 1. The minimum Gasteiger partial charge on any atom is -0.456 e. The van der Waals surface area contributed by atoms with Crippen LogP contribution in [0.2, 0.25) is 0 Å². The van der Waals surface area contributed by atoms with Crippen LogP contribution < -0.4 is 0 Å². The van der Waals surface area contributed by atoms with Crippen LogP contribution in [0.5, 0.6) is 0 Å². The van der Waals surface area contributed by atoms with E-state index in [1.165, 1.54) is 51.4 Å². The second-order valence-electron chi connectivity index (χ2n) is 6.62. The maximum atomic E-state index is 12.0. The molecule has 2 rings (SSSR count). The number of esters is 1. The van der Waals surface area contributed by atoms with Gasteiger partial charge in [-0.05, 0) is 44.9 Å². The second-order valence-corrected chi connectivity index (χ2v) is 6.62. The monoisotopic (exact) mass is 264 g/mol. The van der Waals surface area contributed by atoms with Crippen molar-refractivity contribution < 1.29 is 9.53 Å². The molecule has 0 N–H and O–H groups in total. The Bertz CT molecular complexity index is 334. The molecule has 0 aromatic rings. The van der Waals surface area contributed by atoms with Gasteiger partial charge in [-0.15, -0.1) is 0 Å². The highest BCUT2D eigenvalue weighted by Gasteiger charge is 2.38. The Labute approximate surface area is 117 Å². The van der Waals surface area contributed by atoms with E-state index in [1.54, 1.807) is 6.92 Å². The first-order chi connectivity index (χ1) is 9.11. The molecular formula is C17H28O2. The van der Waals surface area contributed by atoms with Crippen LogP contribution in [0.15, 0.2) is 12.2 Å². The molecule has 2 atom stereocenters. The summed E-state index contributed by atoms with van der Waals surface area (Å²) < 4.78 is 5.94. The summed E-state index contributed by atoms with van der Waals surface area (Å²) in [7, 11) is 0. The van der Waals surface area contributed by atoms with Crippen molar-refractivity contribution >= 4 is 5.97 Å². The molecule has 0 heterocycles. The van der Waals surface area contributed by atoms with E-state index >= 15 is 0 Å². The van der Waals surface area contributed by atoms with Crippen LogP contribution in [0.25, 0.3) is 0 Å². The Balaban J connectivity index is 2.13. The number of hydrogen-bond donors (Lipinski definition) is 0. The molecule has 2 aliphatic rings. The molecule has 2 fully saturated rings. The van der Waals surface area contributed by atoms with E-state index in [4.69, 9.17) is 4.74 Å². The van der Waals surface area contributed by atoms with Gasteiger partial charge in [-0.3, -0.25) is 0 Å². The van der Waals surface area contributed by atoms with Crippen molar-refractivity contribution in [3.8, 4) is 0 Å². The Morgan fingerprint density at radius 3 is 2.32 bits per heavy atom. The van der Waals surface area contributed by atoms with Crippen LogP contribution in [0.3, 0.4) is 0 Å². The van der Waals surface area contributed by atoms with Crippen molar-refractivity contribution in [3.05, 3.63) is 12.2 Å². The van der Waals surface area contributed by atoms with Crippen molar-refractivity contribution in [1.82, 2.24) is 0 Å². The van der Waals surface area contributed by atoms with Crippen molar-refractivity contribution in [2.45, 2.75) is 83.2 Å². The van der Waals surface area contributed by atoms with Crippen molar-refractivity contribution in [3.63, 3.8) is 0 Å². The lowest BCUT2D eigenvalue weighted by molar-refractivity contribution is -0.158. The van der Waals surface area contributed by atoms with Gasteiger partial charge in [-0.2, -0.15) is 0 Å². The molecule has 0 aromatic heterocycles. The minimum atomic E-state index is -0.181. The van der Waals surface area contributed by atoms with Crippen LogP contribution in [0, 0.1) is 5.92 Å². The first-order valence-corrected chi connectivity index (χ1v) is 8.00. The number of carbonyl (C=O) groups is 1. The highest BCUT2D eigenvalue weighted by molar-refractivity contribution is 5.87. The number of hydrogen-bond acceptors (Lipinski definition) is 2. The Hall–Kier alpha value is -0.790. The average Bonchev–Trinajstić information content (AvgIpc) is 2.49. The molecular weight excluding hydrogens is 236 g/mol. The second kappa shape index (κ2) is 6.58. The molecule has 0 aromatic carbocycles. The van der Waals surface area contributed by atoms with Crippen LogP contribution in [0.1, 0.15) is 77.6 Å². The van der Waals surface area contributed by atoms with E-state index in [0.29, 0.717) is 5.57 Å². The van der Waals surface area contributed by atoms with Crippen LogP contribution in [-0.4, -0.2) is 11.6 Å². The van der Waals surface area contributed by atoms with E-state index in [-0.39, 0.29) is 11.6 Å². The van der Waals surface area contributed by atoms with Gasteiger partial charge in [-0.1, -0.05) is 45.1 Å². The fraction of sp³-hybridized carbons (Fsp3) is 0.824. The lowest BCUT2D eigenvalue weighted by atomic mass is 9.84. The zero-order valence-electron chi connectivity index (χ0n) is 12.4. The summed E-state index contributed by atoms with van der Waals surface area (Å²) in [6, 6.07) is 0. The summed E-state index contributed by atoms with van der Waals surface area (Å²) in [5.41, 5.74) is 0.358. The average molecular weight is 264 g/mol. The lowest BCUT2D eigenvalue weighted by Gasteiger charge is -2.34. The molecule has 2 nitrogen and oxygen atoms in total. The van der Waals surface area contributed by atoms with E-state index in [1.807, 2.05) is 0 Å². The van der Waals surface area contributed by atoms with Gasteiger partial charge in [-0.25, -0.2) is 4.79 Å². The third kappa shape index (κ3) is 4.09. The lowest BCUT2D eigenvalue weighted by Crippen LogP contribution is -2.36. The molecule has 2 saturated carbocycles. The Kier molecular flexibility index (Phi) is 5.06. The molecule has 0 aliphatic heterocycles. The Morgan fingerprint density at radius 1 is 1.05 bits per heavy atom. The molecule has 2 aliphatic carbocycles. The first kappa shape index (κ1) is 14.6. The fourth-order valence-electron chi connectivity index (χ4n) is 3.75. The van der Waals surface area contributed by atoms with Crippen molar-refractivity contribution in [2.24, 2.45) is 5.92 Å². The third-order valence-electron chi connectivity index (χ3n) is 4.81. The van der Waals surface area contributed by atoms with Crippen LogP contribution in [-0.2, 0) is 9.53 Å². The molecule has 19 heavy (non-hydrogen) atoms. The topological polar surface area (TPSA) is 26.3 Å². The van der Waals surface area contributed by atoms with E-state index in [9.17, 15) is 4.79 Å². The summed E-state index contributed by atoms with van der Waals surface area (Å²) in [5, 5.41) is 0. The highest BCUT2D eigenvalue weighted by atomic mass is 16.6. The van der Waals surface area contributed by atoms with Crippen molar-refractivity contribution in [2.75, 3.05) is 0 Å². The molecule has 2 bridgehead atoms. The van der Waals surface area contributed by atoms with E-state index < -0.39 is 0 Å². The Morgan fingerprint density at radius 2 is 1.63 bits per heavy atom. The van der Waals surface area contributed by atoms with Gasteiger partial charge in [0.25, 0.3) is 0 Å². The molecule has 0 amide bonds. The van der Waals surface area contributed by atoms with Gasteiger partial charge in [0.05, 0.1) is 0 Å². The molecule has 0 saturated heterocycles. The predicted octanol–water partition coefficient (Wildman–Crippen LogP) is 4.78. The van der Waals surface area contributed by atoms with Gasteiger partial charge in [0.2, 0.25) is 0 Å². The number of ether oxygens (including phenoxy) is 1. The maximum Gasteiger partial charge on any atom is 0.333 e. The SMILES string of the molecule is C=C(C)C(=O)OC12CCCCCCC(CCCC1)C2. The summed E-state index contributed by atoms with van der Waals surface area (Å²) in [5.74, 6) is 0.582. The summed E-state index contributed by atoms with van der Waals surface area (Å²) in [6.45, 7) is 5.48. The quantitative estimate of drug-likeness (QED) is 0.530. The molecule has 2 heteroatoms. The van der Waals surface area contributed by atoms with Gasteiger partial charge in [0.15, 0.2) is 0 Å². The zero-order chi connectivity index (χ0) is 13.7. The fourth-order valence-corrected chi connectivity index (χ4v) is 3.75. The van der Waals surface area contributed by atoms with Crippen LogP contribution in [0.4, 0.5) is 0 Å². The molecule has 0 radical (unpaired) electrons. The smallest absolute Gasteiger partial charge is 0.333 e. The third-order valence-corrected chi connectivity index (χ3v) is 4.81. The summed E-state index contributed by atoms with van der Waals surface area (Å²) in [6.07, 6.45) is 13.6. The largest absolute Gasteiger partial charge is 0.456 e. The molecule has 0 spiro atoms. The number of rotatable bonds is 2. The molecule has 2 unspecified atom stereocenters. The van der Waals surface area contributed by atoms with Crippen LogP contribution >= 0.6 is 0 Å². The predicted molar refractivity (Wildman–Crippen MR) is 77.9 cm³/mol. The van der Waals surface area contributed by atoms with Crippen molar-refractivity contribution in [1.29, 1.82) is 0 Å². The van der Waals surface area contributed by atoms with Gasteiger partial charge in [0, 0.05) is 5.57 Å². The standard InChI is InChI=1S/C17H28O2/c1-14(2)16(18)19-17-11-7-4-3-5-9-15(13-17)10-6-8-12-17/h15H,1,3-13H2,2H3. The van der Waals surface area contributed by atoms with E-state index in [2.05, 4.69) is 6.58 Å². The zero-order valence-corrected chi connectivity index (χ0v) is 12.4. The maximum absolute atomic E-state index is 12.0. The number of fused-ring (bicyclic) bond motifs is 2.